The fourth-order valence-corrected chi connectivity index (χ4v) is 2.82. The first-order valence-electron chi connectivity index (χ1n) is 7.51. The summed E-state index contributed by atoms with van der Waals surface area (Å²) >= 11 is 1.60. The van der Waals surface area contributed by atoms with Crippen LogP contribution in [0.2, 0.25) is 0 Å². The molecule has 116 valence electrons. The molecular weight excluding hydrogens is 296 g/mol. The predicted molar refractivity (Wildman–Crippen MR) is 89.0 cm³/mol. The van der Waals surface area contributed by atoms with Gasteiger partial charge in [0.15, 0.2) is 0 Å². The molecule has 0 bridgehead atoms. The Morgan fingerprint density at radius 3 is 2.64 bits per heavy atom. The van der Waals surface area contributed by atoms with Crippen LogP contribution in [0.15, 0.2) is 36.4 Å². The van der Waals surface area contributed by atoms with Crippen molar-refractivity contribution in [1.29, 1.82) is 0 Å². The van der Waals surface area contributed by atoms with Crippen LogP contribution >= 0.6 is 11.3 Å². The molecule has 0 aliphatic rings. The summed E-state index contributed by atoms with van der Waals surface area (Å²) in [6, 6.07) is 7.39. The third-order valence-corrected chi connectivity index (χ3v) is 3.98. The smallest absolute Gasteiger partial charge is 0.315 e. The second-order valence-electron chi connectivity index (χ2n) is 4.83. The van der Waals surface area contributed by atoms with Gasteiger partial charge in [0.2, 0.25) is 0 Å². The van der Waals surface area contributed by atoms with E-state index in [9.17, 15) is 4.79 Å². The number of hydrogen-bond donors (Lipinski definition) is 0. The first-order valence-corrected chi connectivity index (χ1v) is 8.33. The highest BCUT2D eigenvalue weighted by atomic mass is 32.1. The second kappa shape index (κ2) is 8.44. The van der Waals surface area contributed by atoms with E-state index in [2.05, 4.69) is 17.1 Å². The van der Waals surface area contributed by atoms with E-state index in [1.807, 2.05) is 31.2 Å². The Morgan fingerprint density at radius 1 is 1.18 bits per heavy atom. The summed E-state index contributed by atoms with van der Waals surface area (Å²) in [5.41, 5.74) is 0.991. The number of allylic oxidation sites excluding steroid dienone is 1. The van der Waals surface area contributed by atoms with Crippen LogP contribution in [0.1, 0.15) is 38.1 Å². The van der Waals surface area contributed by atoms with Gasteiger partial charge in [0, 0.05) is 12.0 Å². The van der Waals surface area contributed by atoms with E-state index in [1.165, 1.54) is 0 Å². The number of hydrogen-bond acceptors (Lipinski definition) is 5. The first-order chi connectivity index (χ1) is 10.7. The summed E-state index contributed by atoms with van der Waals surface area (Å²) in [7, 11) is 0. The van der Waals surface area contributed by atoms with E-state index in [4.69, 9.17) is 4.74 Å². The van der Waals surface area contributed by atoms with Crippen LogP contribution in [0.3, 0.4) is 0 Å². The Morgan fingerprint density at radius 2 is 1.95 bits per heavy atom. The number of rotatable bonds is 7. The van der Waals surface area contributed by atoms with Gasteiger partial charge in [-0.25, -0.2) is 0 Å². The van der Waals surface area contributed by atoms with Gasteiger partial charge in [-0.15, -0.1) is 10.2 Å². The minimum absolute atomic E-state index is 0.251. The first kappa shape index (κ1) is 16.4. The molecule has 0 saturated heterocycles. The topological polar surface area (TPSA) is 52.1 Å². The van der Waals surface area contributed by atoms with Crippen molar-refractivity contribution in [1.82, 2.24) is 10.2 Å². The van der Waals surface area contributed by atoms with Gasteiger partial charge >= 0.3 is 5.97 Å². The number of carbonyl (C=O) groups excluding carboxylic acids is 1. The lowest BCUT2D eigenvalue weighted by Gasteiger charge is -2.03. The minimum Gasteiger partial charge on any atom is -0.426 e. The van der Waals surface area contributed by atoms with Crippen molar-refractivity contribution in [2.24, 2.45) is 0 Å². The number of esters is 1. The quantitative estimate of drug-likeness (QED) is 0.431. The highest BCUT2D eigenvalue weighted by Crippen LogP contribution is 2.26. The van der Waals surface area contributed by atoms with Crippen LogP contribution < -0.4 is 4.74 Å². The van der Waals surface area contributed by atoms with E-state index in [-0.39, 0.29) is 5.97 Å². The Hall–Kier alpha value is -2.01. The normalized spacial score (nSPS) is 11.0. The van der Waals surface area contributed by atoms with Gasteiger partial charge in [0.25, 0.3) is 0 Å². The van der Waals surface area contributed by atoms with Gasteiger partial charge in [0.05, 0.1) is 6.42 Å². The molecule has 0 aliphatic heterocycles. The molecule has 1 aromatic heterocycles. The molecule has 4 nitrogen and oxygen atoms in total. The molecule has 0 atom stereocenters. The fraction of sp³-hybridized carbons (Fsp3) is 0.353. The average molecular weight is 316 g/mol. The Bertz CT molecular complexity index is 632. The van der Waals surface area contributed by atoms with Gasteiger partial charge in [0.1, 0.15) is 15.8 Å². The van der Waals surface area contributed by atoms with Gasteiger partial charge in [-0.1, -0.05) is 37.3 Å². The molecule has 0 spiro atoms. The zero-order valence-electron chi connectivity index (χ0n) is 12.9. The molecule has 0 fully saturated rings. The maximum Gasteiger partial charge on any atom is 0.315 e. The number of nitrogens with zero attached hydrogens (tertiary/aromatic N) is 2. The Labute approximate surface area is 134 Å². The van der Waals surface area contributed by atoms with Gasteiger partial charge < -0.3 is 4.74 Å². The van der Waals surface area contributed by atoms with Gasteiger partial charge in [-0.05, 0) is 37.1 Å². The lowest BCUT2D eigenvalue weighted by Crippen LogP contribution is -2.05. The fourth-order valence-electron chi connectivity index (χ4n) is 1.87. The van der Waals surface area contributed by atoms with E-state index in [0.717, 1.165) is 34.8 Å². The molecule has 0 N–H and O–H groups in total. The van der Waals surface area contributed by atoms with Gasteiger partial charge in [-0.2, -0.15) is 0 Å². The molecule has 0 saturated carbocycles. The van der Waals surface area contributed by atoms with E-state index < -0.39 is 0 Å². The summed E-state index contributed by atoms with van der Waals surface area (Å²) in [5.74, 6) is 0.301. The molecule has 5 heteroatoms. The molecule has 2 rings (SSSR count). The highest BCUT2D eigenvalue weighted by Gasteiger charge is 2.07. The molecule has 0 amide bonds. The maximum absolute atomic E-state index is 11.6. The molecular formula is C17H20N2O2S. The van der Waals surface area contributed by atoms with Crippen LogP contribution in [-0.4, -0.2) is 16.2 Å². The largest absolute Gasteiger partial charge is 0.426 e. The van der Waals surface area contributed by atoms with E-state index in [0.29, 0.717) is 12.2 Å². The van der Waals surface area contributed by atoms with Crippen molar-refractivity contribution in [2.75, 3.05) is 0 Å². The number of ether oxygens (including phenoxy) is 1. The van der Waals surface area contributed by atoms with Gasteiger partial charge in [-0.3, -0.25) is 4.79 Å². The van der Waals surface area contributed by atoms with Crippen molar-refractivity contribution in [2.45, 2.75) is 39.5 Å². The monoisotopic (exact) mass is 316 g/mol. The number of aryl methyl sites for hydroxylation is 1. The summed E-state index contributed by atoms with van der Waals surface area (Å²) in [4.78, 5) is 11.6. The second-order valence-corrected chi connectivity index (χ2v) is 5.90. The van der Waals surface area contributed by atoms with E-state index >= 15 is 0 Å². The molecule has 0 radical (unpaired) electrons. The number of aromatic nitrogens is 2. The Kier molecular flexibility index (Phi) is 6.27. The maximum atomic E-state index is 11.6. The number of benzene rings is 1. The third-order valence-electron chi connectivity index (χ3n) is 2.95. The predicted octanol–water partition coefficient (Wildman–Crippen LogP) is 4.42. The van der Waals surface area contributed by atoms with Crippen LogP contribution in [0, 0.1) is 0 Å². The summed E-state index contributed by atoms with van der Waals surface area (Å²) < 4.78 is 5.27. The summed E-state index contributed by atoms with van der Waals surface area (Å²) in [6.07, 6.45) is 7.02. The van der Waals surface area contributed by atoms with Crippen LogP contribution in [0.4, 0.5) is 0 Å². The molecule has 22 heavy (non-hydrogen) atoms. The van der Waals surface area contributed by atoms with Crippen molar-refractivity contribution < 1.29 is 9.53 Å². The van der Waals surface area contributed by atoms with Crippen LogP contribution in [0.25, 0.3) is 10.6 Å². The van der Waals surface area contributed by atoms with Crippen molar-refractivity contribution in [3.8, 4) is 16.3 Å². The molecule has 0 unspecified atom stereocenters. The van der Waals surface area contributed by atoms with Crippen LogP contribution in [0.5, 0.6) is 5.75 Å². The highest BCUT2D eigenvalue weighted by molar-refractivity contribution is 7.14. The standard InChI is InChI=1S/C17H20N2O2S/c1-3-5-6-8-16(20)21-14-11-9-13(10-12-14)17-19-18-15(22-17)7-4-2/h5-6,9-12H,3-4,7-8H2,1-2H3. The SMILES string of the molecule is CCC=CCC(=O)Oc1ccc(-c2nnc(CCC)s2)cc1. The minimum atomic E-state index is -0.251. The molecule has 1 heterocycles. The lowest BCUT2D eigenvalue weighted by atomic mass is 10.2. The van der Waals surface area contributed by atoms with Crippen molar-refractivity contribution >= 4 is 17.3 Å². The lowest BCUT2D eigenvalue weighted by molar-refractivity contribution is -0.133. The summed E-state index contributed by atoms with van der Waals surface area (Å²) in [6.45, 7) is 4.15. The molecule has 2 aromatic rings. The zero-order valence-corrected chi connectivity index (χ0v) is 13.7. The van der Waals surface area contributed by atoms with Crippen molar-refractivity contribution in [3.05, 3.63) is 41.4 Å². The average Bonchev–Trinajstić information content (AvgIpc) is 2.97. The number of carbonyl (C=O) groups is 1. The van der Waals surface area contributed by atoms with Crippen LogP contribution in [-0.2, 0) is 11.2 Å². The summed E-state index contributed by atoms with van der Waals surface area (Å²) in [5, 5.41) is 10.3. The Balaban J connectivity index is 1.97. The van der Waals surface area contributed by atoms with Crippen molar-refractivity contribution in [3.63, 3.8) is 0 Å². The molecule has 0 aliphatic carbocycles. The zero-order chi connectivity index (χ0) is 15.8. The third kappa shape index (κ3) is 4.77. The van der Waals surface area contributed by atoms with E-state index in [1.54, 1.807) is 23.5 Å². The molecule has 1 aromatic carbocycles.